The van der Waals surface area contributed by atoms with Gasteiger partial charge in [0.15, 0.2) is 0 Å². The molecule has 0 aromatic rings. The van der Waals surface area contributed by atoms with Crippen LogP contribution in [0.5, 0.6) is 0 Å². The normalized spacial score (nSPS) is 24.8. The second kappa shape index (κ2) is 4.69. The number of ether oxygens (including phenoxy) is 2. The fourth-order valence-electron chi connectivity index (χ4n) is 1.66. The Hall–Kier alpha value is -0.650. The lowest BCUT2D eigenvalue weighted by atomic mass is 9.98. The number of hydrogen-bond acceptors (Lipinski definition) is 4. The molecule has 1 saturated carbocycles. The molecular formula is C11H19NO4. The molecule has 0 amide bonds. The third-order valence-electron chi connectivity index (χ3n) is 3.14. The number of aliphatic carboxylic acids is 1. The molecule has 5 heteroatoms. The van der Waals surface area contributed by atoms with Gasteiger partial charge in [0.25, 0.3) is 0 Å². The summed E-state index contributed by atoms with van der Waals surface area (Å²) in [4.78, 5) is 11.2. The molecule has 2 aliphatic rings. The summed E-state index contributed by atoms with van der Waals surface area (Å²) in [6.45, 7) is 3.48. The Bertz CT molecular complexity index is 263. The quantitative estimate of drug-likeness (QED) is 0.661. The lowest BCUT2D eigenvalue weighted by Crippen LogP contribution is -2.51. The highest BCUT2D eigenvalue weighted by Crippen LogP contribution is 2.24. The molecule has 1 unspecified atom stereocenters. The van der Waals surface area contributed by atoms with Crippen LogP contribution in [0, 0.1) is 0 Å². The van der Waals surface area contributed by atoms with E-state index in [0.717, 1.165) is 12.8 Å². The van der Waals surface area contributed by atoms with Crippen LogP contribution in [-0.4, -0.2) is 48.6 Å². The van der Waals surface area contributed by atoms with Crippen LogP contribution in [-0.2, 0) is 14.3 Å². The molecule has 5 nitrogen and oxygen atoms in total. The maximum absolute atomic E-state index is 11.2. The molecule has 1 atom stereocenters. The smallest absolute Gasteiger partial charge is 0.323 e. The van der Waals surface area contributed by atoms with Gasteiger partial charge in [-0.3, -0.25) is 10.1 Å². The van der Waals surface area contributed by atoms with Gasteiger partial charge in [-0.15, -0.1) is 0 Å². The molecule has 1 aliphatic carbocycles. The first-order chi connectivity index (χ1) is 7.60. The molecule has 0 aromatic heterocycles. The Morgan fingerprint density at radius 2 is 2.25 bits per heavy atom. The van der Waals surface area contributed by atoms with Gasteiger partial charge in [-0.05, 0) is 26.2 Å². The molecule has 1 heterocycles. The van der Waals surface area contributed by atoms with Gasteiger partial charge in [-0.2, -0.15) is 0 Å². The summed E-state index contributed by atoms with van der Waals surface area (Å²) in [6.07, 6.45) is 2.83. The van der Waals surface area contributed by atoms with Crippen LogP contribution in [0.4, 0.5) is 0 Å². The van der Waals surface area contributed by atoms with E-state index in [-0.39, 0.29) is 6.10 Å². The zero-order valence-electron chi connectivity index (χ0n) is 9.57. The lowest BCUT2D eigenvalue weighted by Gasteiger charge is -2.30. The van der Waals surface area contributed by atoms with Gasteiger partial charge in [0.1, 0.15) is 11.6 Å². The number of hydrogen-bond donors (Lipinski definition) is 2. The predicted molar refractivity (Wildman–Crippen MR) is 57.4 cm³/mol. The summed E-state index contributed by atoms with van der Waals surface area (Å²) in [6, 6.07) is 0.383. The van der Waals surface area contributed by atoms with Crippen molar-refractivity contribution in [3.8, 4) is 0 Å². The molecule has 1 aliphatic heterocycles. The summed E-state index contributed by atoms with van der Waals surface area (Å²) in [5.41, 5.74) is -0.855. The van der Waals surface area contributed by atoms with Crippen LogP contribution >= 0.6 is 0 Å². The Kier molecular flexibility index (Phi) is 3.47. The minimum atomic E-state index is -0.855. The predicted octanol–water partition coefficient (Wildman–Crippen LogP) is 0.387. The molecule has 0 radical (unpaired) electrons. The minimum absolute atomic E-state index is 0.166. The number of nitrogens with one attached hydrogen (secondary N) is 1. The monoisotopic (exact) mass is 229 g/mol. The van der Waals surface area contributed by atoms with E-state index in [1.165, 1.54) is 0 Å². The fraction of sp³-hybridized carbons (Fsp3) is 0.909. The highest BCUT2D eigenvalue weighted by atomic mass is 16.6. The van der Waals surface area contributed by atoms with Crippen LogP contribution in [0.25, 0.3) is 0 Å². The van der Waals surface area contributed by atoms with E-state index in [4.69, 9.17) is 9.47 Å². The van der Waals surface area contributed by atoms with E-state index >= 15 is 0 Å². The van der Waals surface area contributed by atoms with Gasteiger partial charge in [-0.1, -0.05) is 0 Å². The van der Waals surface area contributed by atoms with Crippen molar-refractivity contribution < 1.29 is 19.4 Å². The zero-order valence-corrected chi connectivity index (χ0v) is 9.57. The van der Waals surface area contributed by atoms with Crippen molar-refractivity contribution in [3.05, 3.63) is 0 Å². The van der Waals surface area contributed by atoms with Crippen molar-refractivity contribution in [2.45, 2.75) is 43.9 Å². The molecular weight excluding hydrogens is 210 g/mol. The van der Waals surface area contributed by atoms with Crippen LogP contribution in [0.15, 0.2) is 0 Å². The van der Waals surface area contributed by atoms with Crippen molar-refractivity contribution >= 4 is 5.97 Å². The Morgan fingerprint density at radius 1 is 1.56 bits per heavy atom. The number of rotatable bonds is 7. The molecule has 92 valence electrons. The van der Waals surface area contributed by atoms with Crippen molar-refractivity contribution in [1.29, 1.82) is 0 Å². The van der Waals surface area contributed by atoms with Crippen LogP contribution in [0.1, 0.15) is 26.2 Å². The van der Waals surface area contributed by atoms with E-state index in [1.807, 2.05) is 0 Å². The molecule has 2 N–H and O–H groups in total. The highest BCUT2D eigenvalue weighted by Gasteiger charge is 2.38. The van der Waals surface area contributed by atoms with Crippen molar-refractivity contribution in [1.82, 2.24) is 5.32 Å². The van der Waals surface area contributed by atoms with Crippen molar-refractivity contribution in [2.24, 2.45) is 0 Å². The average molecular weight is 229 g/mol. The summed E-state index contributed by atoms with van der Waals surface area (Å²) in [7, 11) is 0. The highest BCUT2D eigenvalue weighted by molar-refractivity contribution is 5.78. The molecule has 0 bridgehead atoms. The molecule has 1 saturated heterocycles. The first-order valence-corrected chi connectivity index (χ1v) is 5.80. The number of carbonyl (C=O) groups is 1. The summed E-state index contributed by atoms with van der Waals surface area (Å²) in [5.74, 6) is -0.798. The fourth-order valence-corrected chi connectivity index (χ4v) is 1.66. The largest absolute Gasteiger partial charge is 0.480 e. The van der Waals surface area contributed by atoms with E-state index in [1.54, 1.807) is 6.92 Å². The molecule has 16 heavy (non-hydrogen) atoms. The maximum Gasteiger partial charge on any atom is 0.323 e. The topological polar surface area (TPSA) is 67.8 Å². The Labute approximate surface area is 95.1 Å². The van der Waals surface area contributed by atoms with E-state index < -0.39 is 11.5 Å². The minimum Gasteiger partial charge on any atom is -0.480 e. The first-order valence-electron chi connectivity index (χ1n) is 5.80. The molecule has 2 rings (SSSR count). The summed E-state index contributed by atoms with van der Waals surface area (Å²) >= 11 is 0. The SMILES string of the molecule is CC(CCOC1COC1)(NC1CC1)C(=O)O. The number of carboxylic acids is 1. The van der Waals surface area contributed by atoms with Gasteiger partial charge >= 0.3 is 5.97 Å². The van der Waals surface area contributed by atoms with Crippen molar-refractivity contribution in [2.75, 3.05) is 19.8 Å². The summed E-state index contributed by atoms with van der Waals surface area (Å²) < 4.78 is 10.5. The second-order valence-electron chi connectivity index (χ2n) is 4.84. The van der Waals surface area contributed by atoms with Gasteiger partial charge in [0.05, 0.1) is 13.2 Å². The van der Waals surface area contributed by atoms with Crippen LogP contribution in [0.3, 0.4) is 0 Å². The van der Waals surface area contributed by atoms with Gasteiger partial charge in [0.2, 0.25) is 0 Å². The van der Waals surface area contributed by atoms with Crippen LogP contribution in [0.2, 0.25) is 0 Å². The average Bonchev–Trinajstić information content (AvgIpc) is 2.93. The molecule has 2 fully saturated rings. The summed E-state index contributed by atoms with van der Waals surface area (Å²) in [5, 5.41) is 12.4. The third-order valence-corrected chi connectivity index (χ3v) is 3.14. The third kappa shape index (κ3) is 2.93. The molecule has 0 aromatic carbocycles. The zero-order chi connectivity index (χ0) is 11.6. The maximum atomic E-state index is 11.2. The Balaban J connectivity index is 1.73. The van der Waals surface area contributed by atoms with Crippen molar-refractivity contribution in [3.63, 3.8) is 0 Å². The number of carboxylic acid groups (broad SMARTS) is 1. The van der Waals surface area contributed by atoms with E-state index in [0.29, 0.717) is 32.3 Å². The lowest BCUT2D eigenvalue weighted by molar-refractivity contribution is -0.149. The standard InChI is InChI=1S/C11H19NO4/c1-11(10(13)14,12-8-2-3-8)4-5-16-9-6-15-7-9/h8-9,12H,2-7H2,1H3,(H,13,14). The van der Waals surface area contributed by atoms with E-state index in [2.05, 4.69) is 5.32 Å². The Morgan fingerprint density at radius 3 is 2.69 bits per heavy atom. The van der Waals surface area contributed by atoms with Gasteiger partial charge in [-0.25, -0.2) is 0 Å². The van der Waals surface area contributed by atoms with Gasteiger partial charge < -0.3 is 14.6 Å². The van der Waals surface area contributed by atoms with Gasteiger partial charge in [0, 0.05) is 12.6 Å². The van der Waals surface area contributed by atoms with E-state index in [9.17, 15) is 9.90 Å². The first kappa shape index (κ1) is 11.8. The molecule has 0 spiro atoms. The second-order valence-corrected chi connectivity index (χ2v) is 4.84. The van der Waals surface area contributed by atoms with Crippen LogP contribution < -0.4 is 5.32 Å².